The minimum atomic E-state index is -1.42. The van der Waals surface area contributed by atoms with E-state index in [0.717, 1.165) is 16.0 Å². The minimum Gasteiger partial charge on any atom is -0.444 e. The fourth-order valence-corrected chi connectivity index (χ4v) is 2.30. The number of alkyl halides is 1. The van der Waals surface area contributed by atoms with Crippen LogP contribution in [0.2, 0.25) is 0 Å². The SMILES string of the molecule is O=C(OCc1ccccc1)N1Cc2ccccc2C1F. The predicted molar refractivity (Wildman–Crippen MR) is 72.5 cm³/mol. The molecule has 0 saturated heterocycles. The molecular formula is C16H14FNO2. The highest BCUT2D eigenvalue weighted by Crippen LogP contribution is 2.34. The summed E-state index contributed by atoms with van der Waals surface area (Å²) in [5, 5.41) is 0. The molecule has 1 amide bonds. The van der Waals surface area contributed by atoms with Gasteiger partial charge in [-0.3, -0.25) is 4.90 Å². The number of amides is 1. The van der Waals surface area contributed by atoms with Crippen molar-refractivity contribution < 1.29 is 13.9 Å². The molecule has 1 aliphatic rings. The largest absolute Gasteiger partial charge is 0.444 e. The number of halogens is 1. The lowest BCUT2D eigenvalue weighted by Gasteiger charge is -2.18. The minimum absolute atomic E-state index is 0.152. The smallest absolute Gasteiger partial charge is 0.412 e. The molecule has 4 heteroatoms. The van der Waals surface area contributed by atoms with Gasteiger partial charge >= 0.3 is 6.09 Å². The molecule has 2 aromatic carbocycles. The summed E-state index contributed by atoms with van der Waals surface area (Å²) < 4.78 is 19.3. The zero-order chi connectivity index (χ0) is 13.9. The molecule has 1 aliphatic heterocycles. The third-order valence-corrected chi connectivity index (χ3v) is 3.37. The number of ether oxygens (including phenoxy) is 1. The summed E-state index contributed by atoms with van der Waals surface area (Å²) in [6, 6.07) is 16.5. The molecule has 3 nitrogen and oxygen atoms in total. The van der Waals surface area contributed by atoms with Crippen molar-refractivity contribution in [2.24, 2.45) is 0 Å². The van der Waals surface area contributed by atoms with E-state index in [2.05, 4.69) is 0 Å². The van der Waals surface area contributed by atoms with Crippen LogP contribution in [0.1, 0.15) is 23.0 Å². The lowest BCUT2D eigenvalue weighted by atomic mass is 10.1. The first kappa shape index (κ1) is 12.7. The molecule has 0 fully saturated rings. The molecule has 0 N–H and O–H groups in total. The van der Waals surface area contributed by atoms with Crippen molar-refractivity contribution in [2.75, 3.05) is 0 Å². The van der Waals surface area contributed by atoms with Crippen LogP contribution in [0.5, 0.6) is 0 Å². The highest BCUT2D eigenvalue weighted by atomic mass is 19.1. The van der Waals surface area contributed by atoms with Crippen LogP contribution in [0.4, 0.5) is 9.18 Å². The van der Waals surface area contributed by atoms with Crippen molar-refractivity contribution in [3.05, 3.63) is 71.3 Å². The molecule has 0 radical (unpaired) electrons. The number of fused-ring (bicyclic) bond motifs is 1. The third kappa shape index (κ3) is 2.37. The van der Waals surface area contributed by atoms with Gasteiger partial charge in [-0.05, 0) is 11.1 Å². The standard InChI is InChI=1S/C16H14FNO2/c17-15-14-9-5-4-8-13(14)10-18(15)16(19)20-11-12-6-2-1-3-7-12/h1-9,15H,10-11H2. The maximum atomic E-state index is 14.2. The molecule has 0 aliphatic carbocycles. The highest BCUT2D eigenvalue weighted by Gasteiger charge is 2.34. The van der Waals surface area contributed by atoms with Crippen LogP contribution in [0.3, 0.4) is 0 Å². The van der Waals surface area contributed by atoms with Crippen LogP contribution in [0.25, 0.3) is 0 Å². The number of rotatable bonds is 2. The van der Waals surface area contributed by atoms with Gasteiger partial charge in [-0.15, -0.1) is 0 Å². The highest BCUT2D eigenvalue weighted by molar-refractivity contribution is 5.69. The van der Waals surface area contributed by atoms with E-state index in [0.29, 0.717) is 5.56 Å². The average Bonchev–Trinajstić information content (AvgIpc) is 2.84. The Labute approximate surface area is 116 Å². The van der Waals surface area contributed by atoms with Crippen LogP contribution >= 0.6 is 0 Å². The summed E-state index contributed by atoms with van der Waals surface area (Å²) in [6.07, 6.45) is -2.05. The van der Waals surface area contributed by atoms with E-state index >= 15 is 0 Å². The summed E-state index contributed by atoms with van der Waals surface area (Å²) in [7, 11) is 0. The second-order valence-electron chi connectivity index (χ2n) is 4.70. The average molecular weight is 271 g/mol. The van der Waals surface area contributed by atoms with E-state index in [9.17, 15) is 9.18 Å². The van der Waals surface area contributed by atoms with Crippen LogP contribution in [0, 0.1) is 0 Å². The Morgan fingerprint density at radius 2 is 1.85 bits per heavy atom. The number of hydrogen-bond donors (Lipinski definition) is 0. The Morgan fingerprint density at radius 3 is 2.60 bits per heavy atom. The summed E-state index contributed by atoms with van der Waals surface area (Å²) in [5.41, 5.74) is 2.26. The maximum Gasteiger partial charge on any atom is 0.412 e. The first-order chi connectivity index (χ1) is 9.75. The Kier molecular flexibility index (Phi) is 3.37. The van der Waals surface area contributed by atoms with Crippen molar-refractivity contribution in [3.63, 3.8) is 0 Å². The Morgan fingerprint density at radius 1 is 1.15 bits per heavy atom. The number of benzene rings is 2. The van der Waals surface area contributed by atoms with Crippen molar-refractivity contribution >= 4 is 6.09 Å². The molecule has 3 rings (SSSR count). The summed E-state index contributed by atoms with van der Waals surface area (Å²) in [5.74, 6) is 0. The van der Waals surface area contributed by atoms with Crippen LogP contribution in [-0.4, -0.2) is 11.0 Å². The normalized spacial score (nSPS) is 16.9. The second kappa shape index (κ2) is 5.33. The molecule has 0 aromatic heterocycles. The van der Waals surface area contributed by atoms with E-state index in [-0.39, 0.29) is 13.2 Å². The molecule has 2 aromatic rings. The van der Waals surface area contributed by atoms with Crippen LogP contribution < -0.4 is 0 Å². The molecule has 1 atom stereocenters. The molecule has 102 valence electrons. The maximum absolute atomic E-state index is 14.2. The molecular weight excluding hydrogens is 257 g/mol. The Balaban J connectivity index is 1.65. The summed E-state index contributed by atoms with van der Waals surface area (Å²) in [6.45, 7) is 0.407. The van der Waals surface area contributed by atoms with Crippen molar-refractivity contribution in [1.29, 1.82) is 0 Å². The lowest BCUT2D eigenvalue weighted by molar-refractivity contribution is 0.0496. The van der Waals surface area contributed by atoms with Gasteiger partial charge < -0.3 is 4.74 Å². The van der Waals surface area contributed by atoms with E-state index in [1.165, 1.54) is 0 Å². The summed E-state index contributed by atoms with van der Waals surface area (Å²) in [4.78, 5) is 13.1. The topological polar surface area (TPSA) is 29.5 Å². The monoisotopic (exact) mass is 271 g/mol. The molecule has 20 heavy (non-hydrogen) atoms. The Hall–Kier alpha value is -2.36. The van der Waals surface area contributed by atoms with Crippen molar-refractivity contribution in [3.8, 4) is 0 Å². The van der Waals surface area contributed by atoms with E-state index in [1.807, 2.05) is 42.5 Å². The van der Waals surface area contributed by atoms with Gasteiger partial charge in [0.15, 0.2) is 0 Å². The van der Waals surface area contributed by atoms with E-state index in [4.69, 9.17) is 4.74 Å². The predicted octanol–water partition coefficient (Wildman–Crippen LogP) is 3.81. The zero-order valence-electron chi connectivity index (χ0n) is 10.8. The first-order valence-electron chi connectivity index (χ1n) is 6.45. The molecule has 0 bridgehead atoms. The molecule has 0 saturated carbocycles. The second-order valence-corrected chi connectivity index (χ2v) is 4.70. The van der Waals surface area contributed by atoms with Gasteiger partial charge in [-0.2, -0.15) is 0 Å². The lowest BCUT2D eigenvalue weighted by Crippen LogP contribution is -2.28. The van der Waals surface area contributed by atoms with Gasteiger partial charge in [0.05, 0.1) is 6.54 Å². The van der Waals surface area contributed by atoms with Crippen molar-refractivity contribution in [1.82, 2.24) is 4.90 Å². The number of hydrogen-bond acceptors (Lipinski definition) is 2. The first-order valence-corrected chi connectivity index (χ1v) is 6.45. The zero-order valence-corrected chi connectivity index (χ0v) is 10.8. The van der Waals surface area contributed by atoms with Gasteiger partial charge in [-0.25, -0.2) is 9.18 Å². The fraction of sp³-hybridized carbons (Fsp3) is 0.188. The third-order valence-electron chi connectivity index (χ3n) is 3.37. The fourth-order valence-electron chi connectivity index (χ4n) is 2.30. The van der Waals surface area contributed by atoms with Crippen molar-refractivity contribution in [2.45, 2.75) is 19.4 Å². The van der Waals surface area contributed by atoms with Gasteiger partial charge in [0.1, 0.15) is 6.61 Å². The quantitative estimate of drug-likeness (QED) is 0.777. The number of carbonyl (C=O) groups excluding carboxylic acids is 1. The number of carbonyl (C=O) groups is 1. The van der Waals surface area contributed by atoms with Gasteiger partial charge in [0, 0.05) is 5.56 Å². The van der Waals surface area contributed by atoms with Gasteiger partial charge in [-0.1, -0.05) is 54.6 Å². The summed E-state index contributed by atoms with van der Waals surface area (Å²) >= 11 is 0. The number of nitrogens with zero attached hydrogens (tertiary/aromatic N) is 1. The van der Waals surface area contributed by atoms with E-state index < -0.39 is 12.4 Å². The van der Waals surface area contributed by atoms with Crippen LogP contribution in [-0.2, 0) is 17.9 Å². The van der Waals surface area contributed by atoms with Gasteiger partial charge in [0.25, 0.3) is 0 Å². The van der Waals surface area contributed by atoms with Gasteiger partial charge in [0.2, 0.25) is 6.30 Å². The van der Waals surface area contributed by atoms with E-state index in [1.54, 1.807) is 12.1 Å². The Bertz CT molecular complexity index is 615. The molecule has 0 spiro atoms. The molecule has 1 heterocycles. The molecule has 1 unspecified atom stereocenters. The van der Waals surface area contributed by atoms with Crippen LogP contribution in [0.15, 0.2) is 54.6 Å².